The molecule has 0 spiro atoms. The van der Waals surface area contributed by atoms with Gasteiger partial charge in [-0.1, -0.05) is 6.92 Å². The van der Waals surface area contributed by atoms with E-state index in [-0.39, 0.29) is 30.0 Å². The summed E-state index contributed by atoms with van der Waals surface area (Å²) in [6.45, 7) is 5.99. The summed E-state index contributed by atoms with van der Waals surface area (Å²) in [5.41, 5.74) is 0. The minimum atomic E-state index is -2.94. The normalized spacial score (nSPS) is 11.8. The van der Waals surface area contributed by atoms with Crippen LogP contribution in [0, 0.1) is 0 Å². The molecule has 0 aromatic carbocycles. The van der Waals surface area contributed by atoms with E-state index in [0.717, 1.165) is 0 Å². The van der Waals surface area contributed by atoms with Crippen LogP contribution in [0.25, 0.3) is 0 Å². The van der Waals surface area contributed by atoms with E-state index in [4.69, 9.17) is 0 Å². The smallest absolute Gasteiger partial charge is 0.236 e. The number of amides is 1. The molecule has 5 nitrogen and oxygen atoms in total. The van der Waals surface area contributed by atoms with Crippen LogP contribution in [-0.2, 0) is 14.6 Å². The minimum absolute atomic E-state index is 0.0242. The van der Waals surface area contributed by atoms with Gasteiger partial charge in [-0.15, -0.1) is 0 Å². The Labute approximate surface area is 98.1 Å². The van der Waals surface area contributed by atoms with Crippen molar-refractivity contribution in [2.75, 3.05) is 31.6 Å². The number of carbonyl (C=O) groups is 1. The topological polar surface area (TPSA) is 66.5 Å². The third-order valence-corrected chi connectivity index (χ3v) is 4.18. The van der Waals surface area contributed by atoms with E-state index in [9.17, 15) is 13.2 Å². The van der Waals surface area contributed by atoms with Gasteiger partial charge in [-0.3, -0.25) is 4.79 Å². The number of hydrogen-bond acceptors (Lipinski definition) is 4. The highest BCUT2D eigenvalue weighted by molar-refractivity contribution is 7.91. The third-order valence-electron chi connectivity index (χ3n) is 2.47. The zero-order valence-electron chi connectivity index (χ0n) is 10.5. The summed E-state index contributed by atoms with van der Waals surface area (Å²) in [6, 6.07) is 0.161. The van der Waals surface area contributed by atoms with Gasteiger partial charge in [0.25, 0.3) is 0 Å². The molecule has 1 amide bonds. The molecule has 0 aliphatic rings. The Morgan fingerprint density at radius 1 is 1.38 bits per heavy atom. The minimum Gasteiger partial charge on any atom is -0.342 e. The Morgan fingerprint density at radius 3 is 2.38 bits per heavy atom. The van der Waals surface area contributed by atoms with Crippen molar-refractivity contribution in [1.29, 1.82) is 0 Å². The predicted molar refractivity (Wildman–Crippen MR) is 65.1 cm³/mol. The van der Waals surface area contributed by atoms with E-state index in [0.29, 0.717) is 6.54 Å². The predicted octanol–water partition coefficient (Wildman–Crippen LogP) is -0.122. The van der Waals surface area contributed by atoms with Gasteiger partial charge >= 0.3 is 0 Å². The van der Waals surface area contributed by atoms with Crippen LogP contribution in [0.1, 0.15) is 20.8 Å². The van der Waals surface area contributed by atoms with E-state index in [1.165, 1.54) is 0 Å². The second kappa shape index (κ2) is 6.85. The number of hydrogen-bond donors (Lipinski definition) is 1. The highest BCUT2D eigenvalue weighted by Gasteiger charge is 2.12. The number of carbonyl (C=O) groups excluding carboxylic acids is 1. The Morgan fingerprint density at radius 2 is 1.94 bits per heavy atom. The van der Waals surface area contributed by atoms with Crippen molar-refractivity contribution in [3.05, 3.63) is 0 Å². The van der Waals surface area contributed by atoms with Crippen LogP contribution in [0.5, 0.6) is 0 Å². The van der Waals surface area contributed by atoms with E-state index < -0.39 is 9.84 Å². The number of rotatable bonds is 7. The molecule has 0 rings (SSSR count). The number of sulfone groups is 1. The molecule has 0 aliphatic carbocycles. The highest BCUT2D eigenvalue weighted by Crippen LogP contribution is 1.93. The summed E-state index contributed by atoms with van der Waals surface area (Å²) >= 11 is 0. The lowest BCUT2D eigenvalue weighted by Gasteiger charge is -2.21. The van der Waals surface area contributed by atoms with Crippen molar-refractivity contribution < 1.29 is 13.2 Å². The summed E-state index contributed by atoms with van der Waals surface area (Å²) in [5.74, 6) is 0.209. The molecule has 0 radical (unpaired) electrons. The second-order valence-electron chi connectivity index (χ2n) is 4.01. The van der Waals surface area contributed by atoms with Crippen molar-refractivity contribution in [2.45, 2.75) is 26.8 Å². The number of nitrogens with one attached hydrogen (secondary N) is 1. The van der Waals surface area contributed by atoms with Crippen LogP contribution in [0.2, 0.25) is 0 Å². The zero-order chi connectivity index (χ0) is 12.8. The average Bonchev–Trinajstić information content (AvgIpc) is 2.22. The molecule has 0 saturated heterocycles. The number of nitrogens with zero attached hydrogens (tertiary/aromatic N) is 1. The summed E-state index contributed by atoms with van der Waals surface area (Å²) < 4.78 is 22.3. The fourth-order valence-electron chi connectivity index (χ4n) is 0.980. The fraction of sp³-hybridized carbons (Fsp3) is 0.900. The summed E-state index contributed by atoms with van der Waals surface area (Å²) in [4.78, 5) is 13.1. The van der Waals surface area contributed by atoms with Gasteiger partial charge in [-0.2, -0.15) is 0 Å². The third kappa shape index (κ3) is 6.07. The first-order chi connectivity index (χ1) is 7.30. The molecule has 0 heterocycles. The molecule has 0 aromatic heterocycles. The SMILES string of the molecule is CCS(=O)(=O)CCNCC(=O)N(C)C(C)C. The molecular weight excluding hydrogens is 228 g/mol. The van der Waals surface area contributed by atoms with Crippen molar-refractivity contribution in [2.24, 2.45) is 0 Å². The van der Waals surface area contributed by atoms with Gasteiger partial charge in [0, 0.05) is 25.4 Å². The molecule has 0 bridgehead atoms. The maximum atomic E-state index is 11.5. The van der Waals surface area contributed by atoms with Gasteiger partial charge < -0.3 is 10.2 Å². The first-order valence-electron chi connectivity index (χ1n) is 5.47. The molecule has 0 saturated carbocycles. The second-order valence-corrected chi connectivity index (χ2v) is 6.48. The largest absolute Gasteiger partial charge is 0.342 e. The Hall–Kier alpha value is -0.620. The van der Waals surface area contributed by atoms with Gasteiger partial charge in [0.2, 0.25) is 5.91 Å². The molecule has 6 heteroatoms. The molecule has 16 heavy (non-hydrogen) atoms. The molecule has 96 valence electrons. The van der Waals surface area contributed by atoms with Crippen LogP contribution in [0.3, 0.4) is 0 Å². The quantitative estimate of drug-likeness (QED) is 0.640. The highest BCUT2D eigenvalue weighted by atomic mass is 32.2. The Bertz CT molecular complexity index is 312. The Balaban J connectivity index is 3.80. The standard InChI is InChI=1S/C10H22N2O3S/c1-5-16(14,15)7-6-11-8-10(13)12(4)9(2)3/h9,11H,5-8H2,1-4H3. The lowest BCUT2D eigenvalue weighted by Crippen LogP contribution is -2.40. The number of likely N-dealkylation sites (N-methyl/N-ethyl adjacent to an activating group) is 1. The Kier molecular flexibility index (Phi) is 6.59. The molecule has 0 aliphatic heterocycles. The van der Waals surface area contributed by atoms with E-state index in [2.05, 4.69) is 5.32 Å². The fourth-order valence-corrected chi connectivity index (χ4v) is 1.72. The van der Waals surface area contributed by atoms with Crippen molar-refractivity contribution in [3.8, 4) is 0 Å². The van der Waals surface area contributed by atoms with Crippen LogP contribution < -0.4 is 5.32 Å². The van der Waals surface area contributed by atoms with Gasteiger partial charge in [-0.25, -0.2) is 8.42 Å². The maximum absolute atomic E-state index is 11.5. The first kappa shape index (κ1) is 15.4. The molecule has 0 unspecified atom stereocenters. The summed E-state index contributed by atoms with van der Waals surface area (Å²) in [7, 11) is -1.21. The summed E-state index contributed by atoms with van der Waals surface area (Å²) in [5, 5.41) is 2.84. The molecule has 0 aromatic rings. The molecule has 0 atom stereocenters. The lowest BCUT2D eigenvalue weighted by atomic mass is 10.3. The van der Waals surface area contributed by atoms with Crippen molar-refractivity contribution >= 4 is 15.7 Å². The lowest BCUT2D eigenvalue weighted by molar-refractivity contribution is -0.130. The molecule has 0 fully saturated rings. The van der Waals surface area contributed by atoms with Crippen LogP contribution >= 0.6 is 0 Å². The van der Waals surface area contributed by atoms with Gasteiger partial charge in [0.1, 0.15) is 0 Å². The van der Waals surface area contributed by atoms with Gasteiger partial charge in [0.05, 0.1) is 12.3 Å². The average molecular weight is 250 g/mol. The van der Waals surface area contributed by atoms with E-state index in [1.807, 2.05) is 13.8 Å². The van der Waals surface area contributed by atoms with Gasteiger partial charge in [0.15, 0.2) is 9.84 Å². The van der Waals surface area contributed by atoms with Crippen LogP contribution in [-0.4, -0.2) is 56.9 Å². The van der Waals surface area contributed by atoms with Gasteiger partial charge in [-0.05, 0) is 13.8 Å². The zero-order valence-corrected chi connectivity index (χ0v) is 11.3. The van der Waals surface area contributed by atoms with Crippen LogP contribution in [0.15, 0.2) is 0 Å². The molecule has 1 N–H and O–H groups in total. The first-order valence-corrected chi connectivity index (χ1v) is 7.29. The maximum Gasteiger partial charge on any atom is 0.236 e. The summed E-state index contributed by atoms with van der Waals surface area (Å²) in [6.07, 6.45) is 0. The molecular formula is C10H22N2O3S. The monoisotopic (exact) mass is 250 g/mol. The van der Waals surface area contributed by atoms with Crippen molar-refractivity contribution in [3.63, 3.8) is 0 Å². The van der Waals surface area contributed by atoms with E-state index >= 15 is 0 Å². The van der Waals surface area contributed by atoms with Crippen LogP contribution in [0.4, 0.5) is 0 Å². The van der Waals surface area contributed by atoms with E-state index in [1.54, 1.807) is 18.9 Å². The van der Waals surface area contributed by atoms with Crippen molar-refractivity contribution in [1.82, 2.24) is 10.2 Å².